The van der Waals surface area contributed by atoms with Crippen LogP contribution in [-0.2, 0) is 0 Å². The first kappa shape index (κ1) is 11.9. The number of halogens is 1. The number of nitrogen functional groups attached to an aromatic ring is 1. The number of aryl methyl sites for hydroxylation is 1. The lowest BCUT2D eigenvalue weighted by Crippen LogP contribution is -1.95. The zero-order valence-electron chi connectivity index (χ0n) is 9.87. The van der Waals surface area contributed by atoms with Gasteiger partial charge >= 0.3 is 0 Å². The summed E-state index contributed by atoms with van der Waals surface area (Å²) in [5.74, 6) is -0.240. The Morgan fingerprint density at radius 2 is 1.83 bits per heavy atom. The largest absolute Gasteiger partial charge is 0.398 e. The maximum absolute atomic E-state index is 13.1. The highest BCUT2D eigenvalue weighted by molar-refractivity contribution is 5.67. The average molecular weight is 241 g/mol. The Hall–Kier alpha value is -2.54. The number of nitrogens with zero attached hydrogens (tertiary/aromatic N) is 1. The first-order valence-electron chi connectivity index (χ1n) is 5.43. The molecule has 0 saturated heterocycles. The number of hydrogen-bond acceptors (Lipinski definition) is 3. The molecule has 0 aliphatic carbocycles. The van der Waals surface area contributed by atoms with Crippen molar-refractivity contribution < 1.29 is 4.39 Å². The van der Waals surface area contributed by atoms with Crippen LogP contribution in [0.2, 0.25) is 0 Å². The second-order valence-electron chi connectivity index (χ2n) is 4.00. The topological polar surface area (TPSA) is 61.8 Å². The monoisotopic (exact) mass is 241 g/mol. The van der Waals surface area contributed by atoms with E-state index in [9.17, 15) is 4.39 Å². The molecule has 0 aliphatic heterocycles. The van der Waals surface area contributed by atoms with E-state index < -0.39 is 0 Å². The molecule has 0 aromatic heterocycles. The zero-order chi connectivity index (χ0) is 13.1. The van der Waals surface area contributed by atoms with E-state index in [0.717, 1.165) is 11.4 Å². The van der Waals surface area contributed by atoms with E-state index in [-0.39, 0.29) is 5.82 Å². The molecule has 90 valence electrons. The molecule has 0 saturated carbocycles. The highest BCUT2D eigenvalue weighted by Crippen LogP contribution is 2.22. The maximum atomic E-state index is 13.1. The van der Waals surface area contributed by atoms with E-state index in [4.69, 9.17) is 11.0 Å². The summed E-state index contributed by atoms with van der Waals surface area (Å²) in [5.41, 5.74) is 8.57. The molecular weight excluding hydrogens is 229 g/mol. The van der Waals surface area contributed by atoms with Crippen LogP contribution in [-0.4, -0.2) is 0 Å². The third-order valence-electron chi connectivity index (χ3n) is 2.62. The summed E-state index contributed by atoms with van der Waals surface area (Å²) in [6.45, 7) is 1.70. The molecule has 0 amide bonds. The summed E-state index contributed by atoms with van der Waals surface area (Å²) in [6, 6.07) is 11.9. The van der Waals surface area contributed by atoms with E-state index in [1.165, 1.54) is 6.07 Å². The van der Waals surface area contributed by atoms with Crippen LogP contribution in [0.5, 0.6) is 0 Å². The fourth-order valence-corrected chi connectivity index (χ4v) is 1.62. The maximum Gasteiger partial charge on any atom is 0.126 e. The van der Waals surface area contributed by atoms with Gasteiger partial charge in [0.25, 0.3) is 0 Å². The normalized spacial score (nSPS) is 9.83. The highest BCUT2D eigenvalue weighted by Gasteiger charge is 2.02. The predicted octanol–water partition coefficient (Wildman–Crippen LogP) is 3.33. The van der Waals surface area contributed by atoms with Crippen molar-refractivity contribution in [3.63, 3.8) is 0 Å². The molecule has 18 heavy (non-hydrogen) atoms. The molecule has 0 unspecified atom stereocenters. The van der Waals surface area contributed by atoms with Crippen LogP contribution in [0.3, 0.4) is 0 Å². The van der Waals surface area contributed by atoms with Crippen molar-refractivity contribution in [3.8, 4) is 6.07 Å². The number of nitrogens with one attached hydrogen (secondary N) is 1. The van der Waals surface area contributed by atoms with Crippen molar-refractivity contribution in [1.29, 1.82) is 5.26 Å². The minimum Gasteiger partial charge on any atom is -0.398 e. The quantitative estimate of drug-likeness (QED) is 0.793. The lowest BCUT2D eigenvalue weighted by atomic mass is 10.1. The van der Waals surface area contributed by atoms with Crippen LogP contribution in [0.4, 0.5) is 21.5 Å². The van der Waals surface area contributed by atoms with Gasteiger partial charge in [0.15, 0.2) is 0 Å². The van der Waals surface area contributed by atoms with Crippen LogP contribution in [0, 0.1) is 24.1 Å². The Morgan fingerprint density at radius 3 is 2.50 bits per heavy atom. The van der Waals surface area contributed by atoms with Gasteiger partial charge in [0.1, 0.15) is 11.9 Å². The molecule has 0 atom stereocenters. The highest BCUT2D eigenvalue weighted by atomic mass is 19.1. The molecule has 0 spiro atoms. The Balaban J connectivity index is 2.29. The van der Waals surface area contributed by atoms with E-state index in [2.05, 4.69) is 5.32 Å². The lowest BCUT2D eigenvalue weighted by molar-refractivity contribution is 0.619. The molecule has 2 rings (SSSR count). The summed E-state index contributed by atoms with van der Waals surface area (Å²) in [6.07, 6.45) is 0. The van der Waals surface area contributed by atoms with Gasteiger partial charge in [-0.05, 0) is 48.9 Å². The zero-order valence-corrected chi connectivity index (χ0v) is 9.87. The van der Waals surface area contributed by atoms with Crippen molar-refractivity contribution in [2.75, 3.05) is 11.1 Å². The van der Waals surface area contributed by atoms with Crippen LogP contribution >= 0.6 is 0 Å². The van der Waals surface area contributed by atoms with E-state index in [0.29, 0.717) is 16.8 Å². The van der Waals surface area contributed by atoms with E-state index in [1.54, 1.807) is 37.3 Å². The van der Waals surface area contributed by atoms with Gasteiger partial charge in [-0.1, -0.05) is 0 Å². The third-order valence-corrected chi connectivity index (χ3v) is 2.62. The second-order valence-corrected chi connectivity index (χ2v) is 4.00. The fraction of sp³-hybridized carbons (Fsp3) is 0.0714. The SMILES string of the molecule is Cc1cc(Nc2ccc(N)c(C#N)c2)ccc1F. The minimum absolute atomic E-state index is 0.240. The van der Waals surface area contributed by atoms with Gasteiger partial charge in [0, 0.05) is 17.1 Å². The van der Waals surface area contributed by atoms with Crippen LogP contribution in [0.15, 0.2) is 36.4 Å². The van der Waals surface area contributed by atoms with Crippen molar-refractivity contribution >= 4 is 17.1 Å². The Morgan fingerprint density at radius 1 is 1.17 bits per heavy atom. The molecular formula is C14H12FN3. The number of rotatable bonds is 2. The Kier molecular flexibility index (Phi) is 3.16. The van der Waals surface area contributed by atoms with Gasteiger partial charge in [-0.3, -0.25) is 0 Å². The van der Waals surface area contributed by atoms with Gasteiger partial charge in [0.2, 0.25) is 0 Å². The molecule has 0 bridgehead atoms. The lowest BCUT2D eigenvalue weighted by Gasteiger charge is -2.08. The second kappa shape index (κ2) is 4.76. The summed E-state index contributed by atoms with van der Waals surface area (Å²) in [7, 11) is 0. The Labute approximate surface area is 105 Å². The molecule has 0 radical (unpaired) electrons. The predicted molar refractivity (Wildman–Crippen MR) is 70.0 cm³/mol. The van der Waals surface area contributed by atoms with Crippen LogP contribution in [0.25, 0.3) is 0 Å². The van der Waals surface area contributed by atoms with Gasteiger partial charge in [-0.15, -0.1) is 0 Å². The number of benzene rings is 2. The van der Waals surface area contributed by atoms with Gasteiger partial charge in [0.05, 0.1) is 5.56 Å². The molecule has 3 N–H and O–H groups in total. The molecule has 0 aliphatic rings. The third kappa shape index (κ3) is 2.41. The Bertz CT molecular complexity index is 629. The van der Waals surface area contributed by atoms with Crippen LogP contribution < -0.4 is 11.1 Å². The number of anilines is 3. The smallest absolute Gasteiger partial charge is 0.126 e. The van der Waals surface area contributed by atoms with Crippen LogP contribution in [0.1, 0.15) is 11.1 Å². The fourth-order valence-electron chi connectivity index (χ4n) is 1.62. The molecule has 3 nitrogen and oxygen atoms in total. The standard InChI is InChI=1S/C14H12FN3/c1-9-6-11(2-4-13(9)15)18-12-3-5-14(17)10(7-12)8-16/h2-7,18H,17H2,1H3. The molecule has 0 heterocycles. The summed E-state index contributed by atoms with van der Waals surface area (Å²) < 4.78 is 13.1. The number of nitriles is 1. The molecule has 2 aromatic rings. The van der Waals surface area contributed by atoms with Gasteiger partial charge in [-0.25, -0.2) is 4.39 Å². The van der Waals surface area contributed by atoms with Crippen molar-refractivity contribution in [1.82, 2.24) is 0 Å². The number of nitrogens with two attached hydrogens (primary N) is 1. The molecule has 0 fully saturated rings. The number of hydrogen-bond donors (Lipinski definition) is 2. The first-order valence-corrected chi connectivity index (χ1v) is 5.43. The van der Waals surface area contributed by atoms with Crippen molar-refractivity contribution in [2.24, 2.45) is 0 Å². The van der Waals surface area contributed by atoms with Crippen molar-refractivity contribution in [3.05, 3.63) is 53.3 Å². The van der Waals surface area contributed by atoms with Crippen molar-refractivity contribution in [2.45, 2.75) is 6.92 Å². The summed E-state index contributed by atoms with van der Waals surface area (Å²) in [4.78, 5) is 0. The van der Waals surface area contributed by atoms with E-state index >= 15 is 0 Å². The first-order chi connectivity index (χ1) is 8.60. The van der Waals surface area contributed by atoms with E-state index in [1.807, 2.05) is 6.07 Å². The average Bonchev–Trinajstić information content (AvgIpc) is 2.36. The summed E-state index contributed by atoms with van der Waals surface area (Å²) >= 11 is 0. The molecule has 2 aromatic carbocycles. The summed E-state index contributed by atoms with van der Waals surface area (Å²) in [5, 5.41) is 12.0. The van der Waals surface area contributed by atoms with Gasteiger partial charge < -0.3 is 11.1 Å². The minimum atomic E-state index is -0.240. The van der Waals surface area contributed by atoms with Gasteiger partial charge in [-0.2, -0.15) is 5.26 Å². The molecule has 4 heteroatoms.